The lowest BCUT2D eigenvalue weighted by molar-refractivity contribution is -0.301. The molecule has 1 nitrogen and oxygen atoms in total. The molecule has 84 valence electrons. The summed E-state index contributed by atoms with van der Waals surface area (Å²) in [6.07, 6.45) is -4.50. The summed E-state index contributed by atoms with van der Waals surface area (Å²) >= 11 is 0. The largest absolute Gasteiger partial charge is 0.463 e. The van der Waals surface area contributed by atoms with Crippen molar-refractivity contribution in [3.8, 4) is 5.75 Å². The Morgan fingerprint density at radius 3 is 2.20 bits per heavy atom. The van der Waals surface area contributed by atoms with Crippen LogP contribution >= 0.6 is 0 Å². The summed E-state index contributed by atoms with van der Waals surface area (Å²) in [6.45, 7) is 1.76. The highest BCUT2D eigenvalue weighted by molar-refractivity contribution is 5.27. The van der Waals surface area contributed by atoms with Crippen molar-refractivity contribution in [3.63, 3.8) is 0 Å². The molecule has 0 aliphatic heterocycles. The molecule has 0 aromatic heterocycles. The number of hydrogen-bond donors (Lipinski definition) is 0. The Labute approximate surface area is 84.7 Å². The average molecular weight is 222 g/mol. The Bertz CT molecular complexity index is 344. The fraction of sp³-hybridized carbons (Fsp3) is 0.400. The summed E-state index contributed by atoms with van der Waals surface area (Å²) in [7, 11) is 0. The maximum absolute atomic E-state index is 12.8. The molecular weight excluding hydrogens is 212 g/mol. The summed E-state index contributed by atoms with van der Waals surface area (Å²) in [5, 5.41) is 0. The maximum atomic E-state index is 12.8. The Morgan fingerprint density at radius 1 is 1.13 bits per heavy atom. The molecule has 0 spiro atoms. The van der Waals surface area contributed by atoms with Crippen molar-refractivity contribution in [2.24, 2.45) is 0 Å². The second-order valence-corrected chi connectivity index (χ2v) is 3.32. The van der Waals surface area contributed by atoms with E-state index in [1.54, 1.807) is 13.0 Å². The van der Waals surface area contributed by atoms with Gasteiger partial charge in [0.05, 0.1) is 0 Å². The van der Waals surface area contributed by atoms with Gasteiger partial charge in [0.1, 0.15) is 5.75 Å². The van der Waals surface area contributed by atoms with E-state index < -0.39 is 12.0 Å². The van der Waals surface area contributed by atoms with Crippen LogP contribution in [-0.4, -0.2) is 12.0 Å². The highest BCUT2D eigenvalue weighted by Gasteiger charge is 2.55. The number of ether oxygens (including phenoxy) is 1. The maximum Gasteiger partial charge on any atom is 0.463 e. The van der Waals surface area contributed by atoms with Crippen molar-refractivity contribution in [1.82, 2.24) is 0 Å². The van der Waals surface area contributed by atoms with Gasteiger partial charge in [-0.3, -0.25) is 0 Å². The number of rotatable bonds is 3. The minimum absolute atomic E-state index is 0.114. The second kappa shape index (κ2) is 3.72. The zero-order valence-corrected chi connectivity index (χ0v) is 8.23. The first-order valence-corrected chi connectivity index (χ1v) is 4.24. The van der Waals surface area contributed by atoms with Crippen LogP contribution < -0.4 is 4.74 Å². The van der Waals surface area contributed by atoms with Crippen molar-refractivity contribution in [2.45, 2.75) is 25.9 Å². The summed E-state index contributed by atoms with van der Waals surface area (Å²) in [6, 6.07) is 5.57. The third-order valence-electron chi connectivity index (χ3n) is 1.75. The van der Waals surface area contributed by atoms with E-state index in [9.17, 15) is 17.6 Å². The van der Waals surface area contributed by atoms with Gasteiger partial charge in [-0.25, -0.2) is 0 Å². The molecule has 1 aromatic rings. The third kappa shape index (κ3) is 2.84. The molecule has 0 saturated carbocycles. The fourth-order valence-corrected chi connectivity index (χ4v) is 0.916. The number of halogens is 4. The van der Waals surface area contributed by atoms with E-state index in [0.29, 0.717) is 5.56 Å². The number of alkyl halides is 4. The molecule has 0 aliphatic carbocycles. The molecule has 0 unspecified atom stereocenters. The van der Waals surface area contributed by atoms with Crippen molar-refractivity contribution in [2.75, 3.05) is 0 Å². The van der Waals surface area contributed by atoms with Gasteiger partial charge in [-0.05, 0) is 24.6 Å². The van der Waals surface area contributed by atoms with Crippen LogP contribution in [-0.2, 0) is 0 Å². The molecule has 0 atom stereocenters. The van der Waals surface area contributed by atoms with Crippen LogP contribution in [0.5, 0.6) is 5.75 Å². The van der Waals surface area contributed by atoms with E-state index >= 15 is 0 Å². The zero-order chi connectivity index (χ0) is 11.7. The van der Waals surface area contributed by atoms with E-state index in [0.717, 1.165) is 0 Å². The third-order valence-corrected chi connectivity index (χ3v) is 1.75. The van der Waals surface area contributed by atoms with Crippen molar-refractivity contribution in [3.05, 3.63) is 29.8 Å². The molecule has 5 heteroatoms. The molecule has 0 radical (unpaired) electrons. The smallest absolute Gasteiger partial charge is 0.428 e. The van der Waals surface area contributed by atoms with Gasteiger partial charge in [0.2, 0.25) is 0 Å². The zero-order valence-electron chi connectivity index (χ0n) is 8.23. The summed E-state index contributed by atoms with van der Waals surface area (Å²) in [5.74, 6) is -4.49. The average Bonchev–Trinajstić information content (AvgIpc) is 2.00. The predicted octanol–water partition coefficient (Wildman–Crippen LogP) is 3.62. The van der Waals surface area contributed by atoms with Gasteiger partial charge < -0.3 is 4.74 Å². The summed E-state index contributed by atoms with van der Waals surface area (Å²) < 4.78 is 54.3. The molecule has 15 heavy (non-hydrogen) atoms. The lowest BCUT2D eigenvalue weighted by Gasteiger charge is -2.23. The SMILES string of the molecule is Cc1cccc(OC(F)(F)C(C)(F)F)c1. The quantitative estimate of drug-likeness (QED) is 0.709. The Hall–Kier alpha value is -1.26. The van der Waals surface area contributed by atoms with Crippen LogP contribution in [0.4, 0.5) is 17.6 Å². The molecule has 0 saturated heterocycles. The number of aryl methyl sites for hydroxylation is 1. The van der Waals surface area contributed by atoms with Crippen molar-refractivity contribution < 1.29 is 22.3 Å². The van der Waals surface area contributed by atoms with Gasteiger partial charge in [0.15, 0.2) is 0 Å². The minimum Gasteiger partial charge on any atom is -0.428 e. The monoisotopic (exact) mass is 222 g/mol. The van der Waals surface area contributed by atoms with Gasteiger partial charge in [-0.1, -0.05) is 12.1 Å². The first-order valence-electron chi connectivity index (χ1n) is 4.24. The van der Waals surface area contributed by atoms with Crippen LogP contribution in [0.25, 0.3) is 0 Å². The van der Waals surface area contributed by atoms with E-state index in [4.69, 9.17) is 0 Å². The van der Waals surface area contributed by atoms with Gasteiger partial charge in [-0.15, -0.1) is 0 Å². The first-order chi connectivity index (χ1) is 6.72. The predicted molar refractivity (Wildman–Crippen MR) is 47.4 cm³/mol. The topological polar surface area (TPSA) is 9.23 Å². The van der Waals surface area contributed by atoms with Gasteiger partial charge in [0, 0.05) is 6.92 Å². The molecule has 0 bridgehead atoms. The molecule has 0 amide bonds. The molecule has 0 aliphatic rings. The molecule has 1 aromatic carbocycles. The molecule has 0 N–H and O–H groups in total. The van der Waals surface area contributed by atoms with E-state index in [2.05, 4.69) is 4.74 Å². The van der Waals surface area contributed by atoms with E-state index in [1.165, 1.54) is 18.2 Å². The fourth-order valence-electron chi connectivity index (χ4n) is 0.916. The normalized spacial score (nSPS) is 12.7. The standard InChI is InChI=1S/C10H10F4O/c1-7-4-3-5-8(6-7)15-10(13,14)9(2,11)12/h3-6H,1-2H3. The first kappa shape index (κ1) is 11.8. The highest BCUT2D eigenvalue weighted by Crippen LogP contribution is 2.35. The van der Waals surface area contributed by atoms with Gasteiger partial charge >= 0.3 is 12.0 Å². The summed E-state index contributed by atoms with van der Waals surface area (Å²) in [4.78, 5) is 0. The number of benzene rings is 1. The Morgan fingerprint density at radius 2 is 1.73 bits per heavy atom. The highest BCUT2D eigenvalue weighted by atomic mass is 19.3. The van der Waals surface area contributed by atoms with Crippen LogP contribution in [0.3, 0.4) is 0 Å². The van der Waals surface area contributed by atoms with Gasteiger partial charge in [-0.2, -0.15) is 17.6 Å². The summed E-state index contributed by atoms with van der Waals surface area (Å²) in [5.41, 5.74) is 0.655. The molecule has 1 rings (SSSR count). The Balaban J connectivity index is 2.87. The van der Waals surface area contributed by atoms with Crippen LogP contribution in [0, 0.1) is 6.92 Å². The van der Waals surface area contributed by atoms with Crippen molar-refractivity contribution in [1.29, 1.82) is 0 Å². The molecule has 0 fully saturated rings. The van der Waals surface area contributed by atoms with Gasteiger partial charge in [0.25, 0.3) is 0 Å². The number of hydrogen-bond acceptors (Lipinski definition) is 1. The van der Waals surface area contributed by atoms with E-state index in [-0.39, 0.29) is 12.7 Å². The molecule has 0 heterocycles. The van der Waals surface area contributed by atoms with Crippen LogP contribution in [0.2, 0.25) is 0 Å². The van der Waals surface area contributed by atoms with Crippen LogP contribution in [0.15, 0.2) is 24.3 Å². The molecular formula is C10H10F4O. The lowest BCUT2D eigenvalue weighted by atomic mass is 10.2. The van der Waals surface area contributed by atoms with Crippen molar-refractivity contribution >= 4 is 0 Å². The second-order valence-electron chi connectivity index (χ2n) is 3.32. The Kier molecular flexibility index (Phi) is 2.93. The minimum atomic E-state index is -4.50. The van der Waals surface area contributed by atoms with E-state index in [1.807, 2.05) is 0 Å². The lowest BCUT2D eigenvalue weighted by Crippen LogP contribution is -2.42. The van der Waals surface area contributed by atoms with Crippen LogP contribution in [0.1, 0.15) is 12.5 Å².